The molecule has 0 N–H and O–H groups in total. The number of rotatable bonds is 16. The Morgan fingerprint density at radius 1 is 0.410 bits per heavy atom. The largest absolute Gasteiger partial charge is 1.00 e. The molecule has 0 amide bonds. The molecular weight excluding hydrogens is 1550 g/mol. The van der Waals surface area contributed by atoms with Crippen LogP contribution >= 0.6 is 0 Å². The lowest BCUT2D eigenvalue weighted by Gasteiger charge is -2.29. The van der Waals surface area contributed by atoms with Crippen molar-refractivity contribution < 1.29 is 75.4 Å². The number of hydrogen-bond donors (Lipinski definition) is 0. The number of allylic oxidation sites excluding steroid dienone is 16. The summed E-state index contributed by atoms with van der Waals surface area (Å²) in [6.07, 6.45) is 33.6. The summed E-state index contributed by atoms with van der Waals surface area (Å²) < 4.78 is 34.2. The van der Waals surface area contributed by atoms with Crippen LogP contribution in [0.1, 0.15) is 189 Å². The molecule has 5 aromatic rings. The summed E-state index contributed by atoms with van der Waals surface area (Å²) in [7, 11) is -4.33. The summed E-state index contributed by atoms with van der Waals surface area (Å²) >= 11 is 0. The molecule has 0 radical (unpaired) electrons. The van der Waals surface area contributed by atoms with Gasteiger partial charge in [0.1, 0.15) is 13.1 Å². The molecule has 2 saturated carbocycles. The lowest BCUT2D eigenvalue weighted by Crippen LogP contribution is -3.00. The average molecular weight is 1660 g/mol. The van der Waals surface area contributed by atoms with Crippen molar-refractivity contribution in [2.45, 2.75) is 193 Å². The predicted molar refractivity (Wildman–Crippen MR) is 423 cm³/mol. The molecule has 13 rings (SSSR count). The van der Waals surface area contributed by atoms with Crippen LogP contribution in [-0.4, -0.2) is 109 Å². The molecule has 0 atom stereocenters. The standard InChI is InChI=1S/C46H55N6O6S.C41H54N3.2HI/c1-7-26-49-38-18-11-9-16-36(38)45(3,4)42(49)24-20-33-14-13-15-34(21-25-43-46(5,6)37-17-10-12-19-39(37)50(43)27-8-2)44(33)47-28-30-48(31-29-47)59(57,58)41-23-22-35(51(53)54)32-40(41)52(55)56;1-7-27-43-35-21-12-10-19-33(35)40(3,4)37(43)25-23-31-17-16-18-32(39(31)42-29-14-9-15-30-42)24-26-38-41(5,6)34-20-11-13-22-36(34)44(38)28-8-2;;/h9-12,16-25,32H,7-8,13-15,26-31H2,1-6H3;10-13,19-26H,7-9,14-18,27-30H2,1-6H3;2*1H/q2*+1;;/p-2. The maximum Gasteiger partial charge on any atom is 0.296 e. The second-order valence-corrected chi connectivity index (χ2v) is 33.1. The highest BCUT2D eigenvalue weighted by Crippen LogP contribution is 2.52. The molecule has 18 heteroatoms. The van der Waals surface area contributed by atoms with Crippen molar-refractivity contribution in [3.63, 3.8) is 0 Å². The van der Waals surface area contributed by atoms with E-state index in [9.17, 15) is 28.6 Å². The van der Waals surface area contributed by atoms with Gasteiger partial charge in [0.15, 0.2) is 18.0 Å². The highest BCUT2D eigenvalue weighted by molar-refractivity contribution is 7.89. The zero-order valence-corrected chi connectivity index (χ0v) is 69.1. The van der Waals surface area contributed by atoms with Crippen LogP contribution in [0.4, 0.5) is 34.1 Å². The lowest BCUT2D eigenvalue weighted by atomic mass is 9.82. The van der Waals surface area contributed by atoms with E-state index < -0.39 is 36.1 Å². The van der Waals surface area contributed by atoms with Gasteiger partial charge in [0.25, 0.3) is 11.4 Å². The van der Waals surface area contributed by atoms with Gasteiger partial charge in [-0.1, -0.05) is 180 Å². The van der Waals surface area contributed by atoms with E-state index in [1.165, 1.54) is 139 Å². The van der Waals surface area contributed by atoms with Gasteiger partial charge in [0.05, 0.1) is 29.0 Å². The van der Waals surface area contributed by atoms with E-state index >= 15 is 0 Å². The number of hydrogen-bond acceptors (Lipinski definition) is 10. The minimum atomic E-state index is -4.33. The Bertz CT molecular complexity index is 4360. The molecule has 105 heavy (non-hydrogen) atoms. The van der Waals surface area contributed by atoms with Crippen LogP contribution in [0.2, 0.25) is 0 Å². The molecule has 2 saturated heterocycles. The number of nitrogens with zero attached hydrogens (tertiary/aromatic N) is 9. The Morgan fingerprint density at radius 3 is 1.01 bits per heavy atom. The number of nitro groups is 2. The predicted octanol–water partition coefficient (Wildman–Crippen LogP) is 13.0. The first-order valence-corrected chi connectivity index (χ1v) is 39.7. The molecule has 6 heterocycles. The van der Waals surface area contributed by atoms with Gasteiger partial charge >= 0.3 is 0 Å². The Morgan fingerprint density at radius 2 is 0.714 bits per heavy atom. The quantitative estimate of drug-likeness (QED) is 0.0405. The molecule has 2 aliphatic carbocycles. The molecule has 0 spiro atoms. The van der Waals surface area contributed by atoms with Gasteiger partial charge in [-0.05, 0) is 148 Å². The van der Waals surface area contributed by atoms with Crippen molar-refractivity contribution in [3.05, 3.63) is 251 Å². The lowest BCUT2D eigenvalue weighted by molar-refractivity contribution is -0.536. The van der Waals surface area contributed by atoms with Gasteiger partial charge < -0.3 is 67.6 Å². The first-order chi connectivity index (χ1) is 49.4. The fourth-order valence-corrected chi connectivity index (χ4v) is 19.4. The number of piperidine rings is 1. The van der Waals surface area contributed by atoms with Crippen LogP contribution in [0, 0.1) is 20.2 Å². The summed E-state index contributed by atoms with van der Waals surface area (Å²) in [4.78, 5) is 31.2. The summed E-state index contributed by atoms with van der Waals surface area (Å²) in [5.41, 5.74) is 22.4. The Hall–Kier alpha value is -7.27. The third-order valence-electron chi connectivity index (χ3n) is 23.0. The molecule has 15 nitrogen and oxygen atoms in total. The fraction of sp³-hybridized carbons (Fsp3) is 0.448. The molecule has 5 aromatic carbocycles. The third kappa shape index (κ3) is 15.6. The number of benzene rings is 5. The minimum absolute atomic E-state index is 0. The minimum Gasteiger partial charge on any atom is -1.00 e. The van der Waals surface area contributed by atoms with Crippen LogP contribution in [0.5, 0.6) is 0 Å². The molecule has 0 unspecified atom stereocenters. The van der Waals surface area contributed by atoms with Gasteiger partial charge in [-0.3, -0.25) is 20.2 Å². The van der Waals surface area contributed by atoms with Gasteiger partial charge in [0.2, 0.25) is 21.4 Å². The van der Waals surface area contributed by atoms with E-state index in [-0.39, 0.29) is 82.7 Å². The van der Waals surface area contributed by atoms with E-state index in [4.69, 9.17) is 0 Å². The van der Waals surface area contributed by atoms with Gasteiger partial charge in [-0.25, -0.2) is 17.6 Å². The first kappa shape index (κ1) is 80.3. The molecule has 6 aliphatic heterocycles. The topological polar surface area (TPSA) is 143 Å². The van der Waals surface area contributed by atoms with Gasteiger partial charge in [-0.2, -0.15) is 4.31 Å². The maximum absolute atomic E-state index is 14.0. The fourth-order valence-electron chi connectivity index (χ4n) is 17.8. The third-order valence-corrected chi connectivity index (χ3v) is 24.9. The number of sulfonamides is 1. The number of fused-ring (bicyclic) bond motifs is 4. The zero-order chi connectivity index (χ0) is 73.2. The number of para-hydroxylation sites is 4. The summed E-state index contributed by atoms with van der Waals surface area (Å²) in [6, 6.07) is 38.0. The van der Waals surface area contributed by atoms with Crippen molar-refractivity contribution in [1.29, 1.82) is 0 Å². The Balaban J connectivity index is 0.000000230. The molecular formula is C87H109I2N9O6S. The van der Waals surface area contributed by atoms with E-state index in [0.29, 0.717) is 13.1 Å². The first-order valence-electron chi connectivity index (χ1n) is 38.2. The Labute approximate surface area is 659 Å². The maximum atomic E-state index is 14.0. The van der Waals surface area contributed by atoms with Crippen molar-refractivity contribution in [2.75, 3.05) is 85.0 Å². The molecule has 0 aromatic heterocycles. The number of non-ortho nitro benzene ring substituents is 1. The molecule has 0 bridgehead atoms. The second kappa shape index (κ2) is 33.5. The van der Waals surface area contributed by atoms with Gasteiger partial charge in [-0.15, -0.1) is 0 Å². The van der Waals surface area contributed by atoms with Crippen LogP contribution < -0.4 is 67.6 Å². The van der Waals surface area contributed by atoms with Gasteiger partial charge in [0, 0.05) is 135 Å². The van der Waals surface area contributed by atoms with Crippen LogP contribution in [0.15, 0.2) is 214 Å². The monoisotopic (exact) mass is 1660 g/mol. The molecule has 8 aliphatic rings. The van der Waals surface area contributed by atoms with E-state index in [1.54, 1.807) is 0 Å². The highest BCUT2D eigenvalue weighted by Gasteiger charge is 2.45. The number of nitro benzene ring substituents is 2. The average Bonchev–Trinajstić information content (AvgIpc) is 1.62. The van der Waals surface area contributed by atoms with Crippen molar-refractivity contribution >= 4 is 55.6 Å². The SMILES string of the molecule is CCCN1C(=CC=C2CCC/C(=C\C=C3\N(CCC)c4ccccc4C3(C)C)C2=[N+]2CCCCC2)C(C)(C)c2ccccc21.CCCN1C(=CC=C2CCC/C(=C\C=C3\N(CCC)c4ccccc4C3(C)C)C2=[N+]2CCN(S(=O)(=O)c3ccc([N+](=O)[O-])cc3[N+](=O)[O-])CC2)C(C)(C)c2ccccc21.[I-].[I-]. The number of halogens is 2. The van der Waals surface area contributed by atoms with Crippen LogP contribution in [0.25, 0.3) is 0 Å². The summed E-state index contributed by atoms with van der Waals surface area (Å²) in [6.45, 7) is 35.0. The van der Waals surface area contributed by atoms with E-state index in [2.05, 4.69) is 258 Å². The molecule has 558 valence electrons. The van der Waals surface area contributed by atoms with E-state index in [0.717, 1.165) is 108 Å². The van der Waals surface area contributed by atoms with Crippen molar-refractivity contribution in [1.82, 2.24) is 4.31 Å². The van der Waals surface area contributed by atoms with E-state index in [1.807, 2.05) is 0 Å². The zero-order valence-electron chi connectivity index (χ0n) is 64.0. The summed E-state index contributed by atoms with van der Waals surface area (Å²) in [5, 5.41) is 23.3. The Kier molecular flexibility index (Phi) is 25.6. The smallest absolute Gasteiger partial charge is 0.296 e. The normalized spacial score (nSPS) is 22.6. The van der Waals surface area contributed by atoms with Crippen LogP contribution in [-0.2, 0) is 31.7 Å². The number of anilines is 4. The number of piperazine rings is 1. The van der Waals surface area contributed by atoms with Crippen molar-refractivity contribution in [3.8, 4) is 0 Å². The van der Waals surface area contributed by atoms with Crippen LogP contribution in [0.3, 0.4) is 0 Å². The highest BCUT2D eigenvalue weighted by atomic mass is 127. The van der Waals surface area contributed by atoms with Crippen molar-refractivity contribution in [2.24, 2.45) is 0 Å². The second-order valence-electron chi connectivity index (χ2n) is 31.2. The molecule has 4 fully saturated rings. The summed E-state index contributed by atoms with van der Waals surface area (Å²) in [5.74, 6) is 0.